The number of anilines is 2. The van der Waals surface area contributed by atoms with Gasteiger partial charge in [0, 0.05) is 37.2 Å². The minimum atomic E-state index is -2.62. The smallest absolute Gasteiger partial charge is 0.392 e. The highest BCUT2D eigenvalue weighted by Crippen LogP contribution is 2.43. The third-order valence-corrected chi connectivity index (χ3v) is 8.76. The molecule has 2 saturated heterocycles. The molecule has 4 fully saturated rings. The van der Waals surface area contributed by atoms with Crippen LogP contribution in [0.2, 0.25) is 0 Å². The van der Waals surface area contributed by atoms with Crippen LogP contribution in [0, 0.1) is 5.41 Å². The molecule has 36 heavy (non-hydrogen) atoms. The van der Waals surface area contributed by atoms with Gasteiger partial charge in [0.1, 0.15) is 6.20 Å². The van der Waals surface area contributed by atoms with Crippen LogP contribution >= 0.6 is 0 Å². The summed E-state index contributed by atoms with van der Waals surface area (Å²) < 4.78 is 34.5. The number of alkyl halides is 2. The number of fused-ring (bicyclic) bond motifs is 3. The molecule has 0 bridgehead atoms. The predicted octanol–water partition coefficient (Wildman–Crippen LogP) is 3.30. The summed E-state index contributed by atoms with van der Waals surface area (Å²) in [5, 5.41) is 13.3. The number of carbonyl (C=O) groups is 1. The lowest BCUT2D eigenvalue weighted by Crippen LogP contribution is -2.66. The van der Waals surface area contributed by atoms with E-state index in [1.54, 1.807) is 6.20 Å². The van der Waals surface area contributed by atoms with Crippen molar-refractivity contribution in [1.82, 2.24) is 4.98 Å². The van der Waals surface area contributed by atoms with Crippen LogP contribution in [0.3, 0.4) is 0 Å². The third-order valence-electron chi connectivity index (χ3n) is 8.76. The van der Waals surface area contributed by atoms with E-state index in [0.29, 0.717) is 24.2 Å². The number of carbonyl (C=O) groups excluding carboxylic acids is 1. The van der Waals surface area contributed by atoms with Crippen LogP contribution < -0.4 is 14.8 Å². The highest BCUT2D eigenvalue weighted by molar-refractivity contribution is 6.07. The predicted molar refractivity (Wildman–Crippen MR) is 128 cm³/mol. The molecule has 3 heterocycles. The molecule has 1 spiro atoms. The summed E-state index contributed by atoms with van der Waals surface area (Å²) in [6.07, 6.45) is 4.20. The molecule has 7 nitrogen and oxygen atoms in total. The van der Waals surface area contributed by atoms with Crippen LogP contribution in [-0.2, 0) is 11.2 Å². The third kappa shape index (κ3) is 3.62. The van der Waals surface area contributed by atoms with Crippen LogP contribution in [0.1, 0.15) is 60.6 Å². The number of hydrogen-bond donors (Lipinski definition) is 2. The van der Waals surface area contributed by atoms with E-state index in [0.717, 1.165) is 67.2 Å². The molecule has 1 aromatic carbocycles. The van der Waals surface area contributed by atoms with Crippen molar-refractivity contribution in [1.29, 1.82) is 0 Å². The Morgan fingerprint density at radius 1 is 1.08 bits per heavy atom. The number of ketones is 1. The van der Waals surface area contributed by atoms with Gasteiger partial charge in [-0.15, -0.1) is 0 Å². The molecule has 0 amide bonds. The number of halogens is 2. The Labute approximate surface area is 208 Å². The van der Waals surface area contributed by atoms with Crippen LogP contribution in [0.25, 0.3) is 11.1 Å². The normalized spacial score (nSPS) is 28.0. The van der Waals surface area contributed by atoms with Crippen LogP contribution in [0.4, 0.5) is 20.4 Å². The van der Waals surface area contributed by atoms with E-state index in [9.17, 15) is 18.7 Å². The van der Waals surface area contributed by atoms with E-state index in [-0.39, 0.29) is 43.2 Å². The number of rotatable bonds is 4. The van der Waals surface area contributed by atoms with Gasteiger partial charge in [-0.05, 0) is 43.4 Å². The molecule has 5 aliphatic rings. The largest absolute Gasteiger partial charge is 0.393 e. The second-order valence-electron chi connectivity index (χ2n) is 11.6. The van der Waals surface area contributed by atoms with Crippen molar-refractivity contribution in [2.24, 2.45) is 5.41 Å². The van der Waals surface area contributed by atoms with Gasteiger partial charge >= 0.3 is 5.95 Å². The van der Waals surface area contributed by atoms with Crippen LogP contribution in [-0.4, -0.2) is 60.2 Å². The van der Waals surface area contributed by atoms with Crippen LogP contribution in [0.15, 0.2) is 24.4 Å². The Bertz CT molecular complexity index is 1220. The van der Waals surface area contributed by atoms with Gasteiger partial charge in [0.15, 0.2) is 5.78 Å². The van der Waals surface area contributed by atoms with E-state index in [2.05, 4.69) is 20.9 Å². The highest BCUT2D eigenvalue weighted by Gasteiger charge is 2.50. The summed E-state index contributed by atoms with van der Waals surface area (Å²) in [6.45, 7) is 3.56. The lowest BCUT2D eigenvalue weighted by Gasteiger charge is -2.56. The molecule has 0 unspecified atom stereocenters. The van der Waals surface area contributed by atoms with Crippen molar-refractivity contribution in [3.63, 3.8) is 0 Å². The molecule has 0 atom stereocenters. The molecule has 0 radical (unpaired) electrons. The van der Waals surface area contributed by atoms with Gasteiger partial charge in [0.2, 0.25) is 0 Å². The van der Waals surface area contributed by atoms with E-state index in [1.807, 2.05) is 12.1 Å². The quantitative estimate of drug-likeness (QED) is 0.632. The number of aromatic nitrogens is 2. The van der Waals surface area contributed by atoms with Crippen molar-refractivity contribution < 1.29 is 28.0 Å². The fourth-order valence-corrected chi connectivity index (χ4v) is 6.65. The molecule has 1 aromatic heterocycles. The second-order valence-corrected chi connectivity index (χ2v) is 11.6. The molecule has 2 aromatic rings. The van der Waals surface area contributed by atoms with Crippen molar-refractivity contribution in [3.8, 4) is 11.1 Å². The zero-order valence-electron chi connectivity index (χ0n) is 20.2. The van der Waals surface area contributed by atoms with E-state index >= 15 is 0 Å². The molecule has 2 saturated carbocycles. The van der Waals surface area contributed by atoms with Gasteiger partial charge in [0.05, 0.1) is 54.5 Å². The minimum absolute atomic E-state index is 0.0644. The molecule has 3 aliphatic carbocycles. The number of benzene rings is 1. The maximum absolute atomic E-state index is 13.5. The van der Waals surface area contributed by atoms with Crippen molar-refractivity contribution in [3.05, 3.63) is 35.7 Å². The van der Waals surface area contributed by atoms with E-state index < -0.39 is 5.92 Å². The van der Waals surface area contributed by atoms with Crippen molar-refractivity contribution >= 4 is 17.4 Å². The standard InChI is InChI=1S/C27H30F2N4O3/c28-27(29)9-16(10-27)31-25-30-11-22-20-6-3-18(32-12-26(13-32)14-36-15-26)7-21(20)24(35)8-23(22)33(25)17-1-4-19(34)5-2-17/h3,6-7,11,16-17,19,34H,1-2,4-5,8-10,12-15H2/p+1. The van der Waals surface area contributed by atoms with E-state index in [4.69, 9.17) is 9.72 Å². The first-order valence-corrected chi connectivity index (χ1v) is 13.1. The topological polar surface area (TPSA) is 78.6 Å². The molecule has 2 aliphatic heterocycles. The second kappa shape index (κ2) is 7.92. The first-order valence-electron chi connectivity index (χ1n) is 13.1. The number of aliphatic hydroxyl groups excluding tert-OH is 1. The number of ether oxygens (including phenoxy) is 1. The summed E-state index contributed by atoms with van der Waals surface area (Å²) >= 11 is 0. The van der Waals surface area contributed by atoms with Crippen molar-refractivity contribution in [2.75, 3.05) is 36.5 Å². The van der Waals surface area contributed by atoms with Gasteiger partial charge in [-0.25, -0.2) is 13.3 Å². The number of nitrogens with one attached hydrogen (secondary N) is 1. The first-order chi connectivity index (χ1) is 17.3. The van der Waals surface area contributed by atoms with Gasteiger partial charge in [0.25, 0.3) is 5.92 Å². The Morgan fingerprint density at radius 2 is 1.83 bits per heavy atom. The molecular formula is C27H31F2N4O3+. The maximum atomic E-state index is 13.5. The van der Waals surface area contributed by atoms with Gasteiger partial charge in [-0.3, -0.25) is 10.1 Å². The zero-order chi connectivity index (χ0) is 24.7. The van der Waals surface area contributed by atoms with Gasteiger partial charge < -0.3 is 14.7 Å². The Hall–Kier alpha value is -2.65. The summed E-state index contributed by atoms with van der Waals surface area (Å²) in [6, 6.07) is 5.85. The summed E-state index contributed by atoms with van der Waals surface area (Å²) in [5.41, 5.74) is 4.78. The molecular weight excluding hydrogens is 466 g/mol. The number of hydrogen-bond acceptors (Lipinski definition) is 6. The van der Waals surface area contributed by atoms with E-state index in [1.165, 1.54) is 0 Å². The first kappa shape index (κ1) is 22.5. The Kier molecular flexibility index (Phi) is 4.96. The maximum Gasteiger partial charge on any atom is 0.392 e. The number of nitrogens with zero attached hydrogens (tertiary/aromatic N) is 3. The van der Waals surface area contributed by atoms with Gasteiger partial charge in [-0.1, -0.05) is 11.1 Å². The summed E-state index contributed by atoms with van der Waals surface area (Å²) in [7, 11) is 0. The molecule has 7 rings (SSSR count). The summed E-state index contributed by atoms with van der Waals surface area (Å²) in [4.78, 5) is 20.5. The molecule has 2 N–H and O–H groups in total. The molecule has 9 heteroatoms. The Balaban J connectivity index is 1.24. The summed E-state index contributed by atoms with van der Waals surface area (Å²) in [5.74, 6) is -2.00. The average Bonchev–Trinajstić information content (AvgIpc) is 2.77. The zero-order valence-corrected chi connectivity index (χ0v) is 20.2. The Morgan fingerprint density at radius 3 is 2.50 bits per heavy atom. The fourth-order valence-electron chi connectivity index (χ4n) is 6.65. The average molecular weight is 498 g/mol. The number of aliphatic hydroxyl groups is 1. The number of Topliss-reactive ketones (excluding diaryl/α,β-unsaturated/α-hetero) is 1. The minimum Gasteiger partial charge on any atom is -0.393 e. The fraction of sp³-hybridized carbons (Fsp3) is 0.593. The van der Waals surface area contributed by atoms with Crippen molar-refractivity contribution in [2.45, 2.75) is 69.1 Å². The lowest BCUT2D eigenvalue weighted by atomic mass is 9.77. The van der Waals surface area contributed by atoms with Gasteiger partial charge in [-0.2, -0.15) is 0 Å². The SMILES string of the molecule is O=C1Cc2c(cnc(NC3CC(F)(F)C3)[n+]2C2CCC(O)CC2)-c2ccc(N3CC4(COC4)C3)cc21. The lowest BCUT2D eigenvalue weighted by molar-refractivity contribution is -0.721. The highest BCUT2D eigenvalue weighted by atomic mass is 19.3. The van der Waals surface area contributed by atoms with Crippen LogP contribution in [0.5, 0.6) is 0 Å². The molecule has 190 valence electrons. The monoisotopic (exact) mass is 497 g/mol.